The molecule has 2 saturated heterocycles. The Morgan fingerprint density at radius 2 is 1.90 bits per heavy atom. The molecular formula is C31H47N3O7. The van der Waals surface area contributed by atoms with E-state index in [2.05, 4.69) is 0 Å². The summed E-state index contributed by atoms with van der Waals surface area (Å²) in [5.41, 5.74) is -0.403. The van der Waals surface area contributed by atoms with Gasteiger partial charge in [-0.2, -0.15) is 0 Å². The van der Waals surface area contributed by atoms with Crippen LogP contribution in [0.4, 0.5) is 10.5 Å². The number of amides is 3. The summed E-state index contributed by atoms with van der Waals surface area (Å²) in [5.74, 6) is 0.410. The molecule has 1 spiro atoms. The molecule has 0 aromatic heterocycles. The summed E-state index contributed by atoms with van der Waals surface area (Å²) in [7, 11) is 1.67. The molecule has 41 heavy (non-hydrogen) atoms. The second-order valence-electron chi connectivity index (χ2n) is 12.6. The molecular weight excluding hydrogens is 526 g/mol. The molecule has 0 unspecified atom stereocenters. The Balaban J connectivity index is 1.59. The van der Waals surface area contributed by atoms with Gasteiger partial charge in [-0.1, -0.05) is 0 Å². The van der Waals surface area contributed by atoms with Crippen LogP contribution < -0.4 is 9.64 Å². The second kappa shape index (κ2) is 13.0. The van der Waals surface area contributed by atoms with E-state index in [1.165, 1.54) is 0 Å². The van der Waals surface area contributed by atoms with Crippen molar-refractivity contribution >= 4 is 23.6 Å². The zero-order valence-corrected chi connectivity index (χ0v) is 25.6. The molecule has 2 fully saturated rings. The molecule has 1 atom stereocenters. The van der Waals surface area contributed by atoms with Crippen LogP contribution in [0.2, 0.25) is 0 Å². The number of hydrogen-bond donors (Lipinski definition) is 0. The highest BCUT2D eigenvalue weighted by molar-refractivity contribution is 6.05. The lowest BCUT2D eigenvalue weighted by Gasteiger charge is -2.44. The lowest BCUT2D eigenvalue weighted by Crippen LogP contribution is -2.58. The quantitative estimate of drug-likeness (QED) is 0.418. The molecule has 10 heteroatoms. The molecule has 0 radical (unpaired) electrons. The van der Waals surface area contributed by atoms with Crippen molar-refractivity contribution in [2.24, 2.45) is 0 Å². The topological polar surface area (TPSA) is 97.8 Å². The third-order valence-electron chi connectivity index (χ3n) is 7.95. The highest BCUT2D eigenvalue weighted by Crippen LogP contribution is 2.42. The van der Waals surface area contributed by atoms with E-state index in [0.29, 0.717) is 69.3 Å². The van der Waals surface area contributed by atoms with Crippen molar-refractivity contribution in [1.82, 2.24) is 9.80 Å². The number of ether oxygens (including phenoxy) is 4. The number of nitrogens with zero attached hydrogens (tertiary/aromatic N) is 3. The summed E-state index contributed by atoms with van der Waals surface area (Å²) >= 11 is 0. The molecule has 228 valence electrons. The number of carbonyl (C=O) groups excluding carboxylic acids is 3. The molecule has 3 amide bonds. The van der Waals surface area contributed by atoms with E-state index in [1.54, 1.807) is 29.0 Å². The Kier molecular flexibility index (Phi) is 9.85. The average molecular weight is 574 g/mol. The lowest BCUT2D eigenvalue weighted by molar-refractivity contribution is -0.144. The smallest absolute Gasteiger partial charge is 0.410 e. The minimum Gasteiger partial charge on any atom is -0.475 e. The Labute approximate surface area is 244 Å². The summed E-state index contributed by atoms with van der Waals surface area (Å²) < 4.78 is 22.7. The number of carbonyl (C=O) groups is 3. The first-order valence-electron chi connectivity index (χ1n) is 15.0. The molecule has 10 nitrogen and oxygen atoms in total. The predicted octanol–water partition coefficient (Wildman–Crippen LogP) is 4.64. The molecule has 4 rings (SSSR count). The fourth-order valence-electron chi connectivity index (χ4n) is 5.96. The van der Waals surface area contributed by atoms with Gasteiger partial charge in [-0.3, -0.25) is 9.59 Å². The second-order valence-corrected chi connectivity index (χ2v) is 12.6. The van der Waals surface area contributed by atoms with Crippen molar-refractivity contribution in [3.8, 4) is 5.75 Å². The van der Waals surface area contributed by atoms with Crippen molar-refractivity contribution in [2.75, 3.05) is 51.5 Å². The molecule has 3 heterocycles. The number of anilines is 1. The SMILES string of the molecule is COCCCCN1C(=O)C2(CCOCC2)Oc2ccc(C(=O)N(C(C)C)[C@@H]3CCCN(C(=O)OC(C)(C)C)C3)cc21. The number of methoxy groups -OCH3 is 1. The van der Waals surface area contributed by atoms with Crippen LogP contribution in [-0.4, -0.2) is 97.6 Å². The third kappa shape index (κ3) is 7.15. The van der Waals surface area contributed by atoms with Gasteiger partial charge in [0.25, 0.3) is 11.8 Å². The molecule has 3 aliphatic rings. The predicted molar refractivity (Wildman–Crippen MR) is 155 cm³/mol. The van der Waals surface area contributed by atoms with Crippen molar-refractivity contribution in [1.29, 1.82) is 0 Å². The summed E-state index contributed by atoms with van der Waals surface area (Å²) in [6, 6.07) is 5.17. The molecule has 3 aliphatic heterocycles. The van der Waals surface area contributed by atoms with Gasteiger partial charge in [0.15, 0.2) is 5.60 Å². The summed E-state index contributed by atoms with van der Waals surface area (Å²) in [5, 5.41) is 0. The van der Waals surface area contributed by atoms with E-state index in [9.17, 15) is 14.4 Å². The molecule has 0 bridgehead atoms. The van der Waals surface area contributed by atoms with Crippen LogP contribution in [-0.2, 0) is 19.0 Å². The average Bonchev–Trinajstić information content (AvgIpc) is 2.92. The highest BCUT2D eigenvalue weighted by Gasteiger charge is 2.49. The number of likely N-dealkylation sites (tertiary alicyclic amines) is 1. The van der Waals surface area contributed by atoms with Gasteiger partial charge < -0.3 is 33.6 Å². The Hall–Kier alpha value is -2.85. The van der Waals surface area contributed by atoms with E-state index in [1.807, 2.05) is 45.6 Å². The van der Waals surface area contributed by atoms with Crippen molar-refractivity contribution < 1.29 is 33.3 Å². The van der Waals surface area contributed by atoms with Gasteiger partial charge in [-0.15, -0.1) is 0 Å². The number of hydrogen-bond acceptors (Lipinski definition) is 7. The maximum absolute atomic E-state index is 14.1. The molecule has 1 aromatic rings. The fraction of sp³-hybridized carbons (Fsp3) is 0.710. The van der Waals surface area contributed by atoms with Crippen molar-refractivity contribution in [3.05, 3.63) is 23.8 Å². The van der Waals surface area contributed by atoms with Crippen molar-refractivity contribution in [2.45, 2.75) is 96.4 Å². The van der Waals surface area contributed by atoms with Gasteiger partial charge >= 0.3 is 6.09 Å². The first-order chi connectivity index (χ1) is 19.5. The number of unbranched alkanes of at least 4 members (excludes halogenated alkanes) is 1. The van der Waals surface area contributed by atoms with Crippen LogP contribution in [0, 0.1) is 0 Å². The van der Waals surface area contributed by atoms with E-state index in [-0.39, 0.29) is 30.0 Å². The van der Waals surface area contributed by atoms with Gasteiger partial charge in [-0.05, 0) is 78.5 Å². The van der Waals surface area contributed by atoms with E-state index in [4.69, 9.17) is 18.9 Å². The van der Waals surface area contributed by atoms with E-state index >= 15 is 0 Å². The monoisotopic (exact) mass is 573 g/mol. The minimum absolute atomic E-state index is 0.0729. The maximum atomic E-state index is 14.1. The molecule has 1 aromatic carbocycles. The van der Waals surface area contributed by atoms with Crippen molar-refractivity contribution in [3.63, 3.8) is 0 Å². The standard InChI is InChI=1S/C31H47N3O7/c1-22(2)34(24-10-9-15-32(21-24)29(37)41-30(3,4)5)27(35)23-11-12-26-25(20-23)33(16-7-8-17-38-6)28(36)31(40-26)13-18-39-19-14-31/h11-12,20,22,24H,7-10,13-19,21H2,1-6H3/t24-/m1/s1. The highest BCUT2D eigenvalue weighted by atomic mass is 16.6. The van der Waals surface area contributed by atoms with Crippen LogP contribution in [0.15, 0.2) is 18.2 Å². The largest absolute Gasteiger partial charge is 0.475 e. The van der Waals surface area contributed by atoms with Crippen LogP contribution >= 0.6 is 0 Å². The fourth-order valence-corrected chi connectivity index (χ4v) is 5.96. The van der Waals surface area contributed by atoms with Crippen LogP contribution in [0.5, 0.6) is 5.75 Å². The van der Waals surface area contributed by atoms with Gasteiger partial charge in [-0.25, -0.2) is 4.79 Å². The van der Waals surface area contributed by atoms with Crippen LogP contribution in [0.1, 0.15) is 83.5 Å². The number of benzene rings is 1. The number of fused-ring (bicyclic) bond motifs is 1. The summed E-state index contributed by atoms with van der Waals surface area (Å²) in [6.07, 6.45) is 3.82. The van der Waals surface area contributed by atoms with E-state index < -0.39 is 11.2 Å². The first-order valence-corrected chi connectivity index (χ1v) is 15.0. The molecule has 0 aliphatic carbocycles. The van der Waals surface area contributed by atoms with E-state index in [0.717, 1.165) is 25.7 Å². The molecule has 0 saturated carbocycles. The van der Waals surface area contributed by atoms with Crippen LogP contribution in [0.25, 0.3) is 0 Å². The summed E-state index contributed by atoms with van der Waals surface area (Å²) in [4.78, 5) is 46.1. The van der Waals surface area contributed by atoms with Gasteiger partial charge in [0.05, 0.1) is 24.9 Å². The Morgan fingerprint density at radius 3 is 2.56 bits per heavy atom. The minimum atomic E-state index is -0.935. The Bertz CT molecular complexity index is 1090. The van der Waals surface area contributed by atoms with Gasteiger partial charge in [0, 0.05) is 57.8 Å². The van der Waals surface area contributed by atoms with Gasteiger partial charge in [0.1, 0.15) is 11.4 Å². The first kappa shape index (κ1) is 31.1. The van der Waals surface area contributed by atoms with Gasteiger partial charge in [0.2, 0.25) is 0 Å². The third-order valence-corrected chi connectivity index (χ3v) is 7.95. The Morgan fingerprint density at radius 1 is 1.17 bits per heavy atom. The zero-order chi connectivity index (χ0) is 29.8. The lowest BCUT2D eigenvalue weighted by atomic mass is 9.89. The summed E-state index contributed by atoms with van der Waals surface area (Å²) in [6.45, 7) is 12.6. The maximum Gasteiger partial charge on any atom is 0.410 e. The number of piperidine rings is 1. The zero-order valence-electron chi connectivity index (χ0n) is 25.6. The van der Waals surface area contributed by atoms with Crippen LogP contribution in [0.3, 0.4) is 0 Å². The molecule has 0 N–H and O–H groups in total. The number of rotatable bonds is 8. The normalized spacial score (nSPS) is 20.6.